The fourth-order valence-electron chi connectivity index (χ4n) is 6.24. The average molecular weight is 575 g/mol. The molecular weight excluding hydrogens is 553 g/mol. The highest BCUT2D eigenvalue weighted by molar-refractivity contribution is 7.13. The molecule has 5 aromatic carbocycles. The topological polar surface area (TPSA) is 35.6 Å². The minimum Gasteiger partial charge on any atom is -0.309 e. The number of hydrogen-bond donors (Lipinski definition) is 0. The largest absolute Gasteiger partial charge is 0.309 e. The predicted molar refractivity (Wildman–Crippen MR) is 177 cm³/mol. The molecule has 0 aliphatic rings. The van der Waals surface area contributed by atoms with Crippen LogP contribution in [0.3, 0.4) is 0 Å². The van der Waals surface area contributed by atoms with Crippen molar-refractivity contribution in [1.82, 2.24) is 19.1 Å². The molecule has 0 bridgehead atoms. The molecule has 0 radical (unpaired) electrons. The van der Waals surface area contributed by atoms with Crippen LogP contribution in [0.2, 0.25) is 0 Å². The van der Waals surface area contributed by atoms with Crippen molar-refractivity contribution in [1.29, 1.82) is 0 Å². The molecule has 0 saturated carbocycles. The van der Waals surface area contributed by atoms with Gasteiger partial charge >= 0.3 is 0 Å². The summed E-state index contributed by atoms with van der Waals surface area (Å²) in [6.45, 7) is 0. The third kappa shape index (κ3) is 3.52. The molecule has 0 saturated heterocycles. The molecule has 4 heterocycles. The highest BCUT2D eigenvalue weighted by Gasteiger charge is 2.20. The van der Waals surface area contributed by atoms with Crippen LogP contribution in [0.5, 0.6) is 0 Å². The highest BCUT2D eigenvalue weighted by atomic mass is 32.1. The Labute approximate surface area is 249 Å². The normalized spacial score (nSPS) is 11.8. The van der Waals surface area contributed by atoms with Gasteiger partial charge in [0.2, 0.25) is 0 Å². The third-order valence-corrected chi connectivity index (χ3v) is 9.69. The Balaban J connectivity index is 1.42. The van der Waals surface area contributed by atoms with Gasteiger partial charge in [0.25, 0.3) is 0 Å². The lowest BCUT2D eigenvalue weighted by Crippen LogP contribution is -1.94. The SMILES string of the molecule is c1ccc(-n2c3cc(-c4nccs4)ccc3c3cc4c(cc32)c2ccc(-c3nccs3)cc2n4-c2ccccc2)cc1. The Hall–Kier alpha value is -5.04. The van der Waals surface area contributed by atoms with Gasteiger partial charge in [-0.1, -0.05) is 60.7 Å². The molecule has 0 N–H and O–H groups in total. The minimum atomic E-state index is 1.03. The lowest BCUT2D eigenvalue weighted by molar-refractivity contribution is 1.17. The van der Waals surface area contributed by atoms with Crippen molar-refractivity contribution in [3.05, 3.63) is 132 Å². The van der Waals surface area contributed by atoms with Gasteiger partial charge in [0.1, 0.15) is 10.0 Å². The molecule has 4 aromatic heterocycles. The van der Waals surface area contributed by atoms with Crippen LogP contribution in [0, 0.1) is 0 Å². The molecule has 0 atom stereocenters. The van der Waals surface area contributed by atoms with Crippen molar-refractivity contribution in [2.75, 3.05) is 0 Å². The summed E-state index contributed by atoms with van der Waals surface area (Å²) in [4.78, 5) is 9.19. The zero-order chi connectivity index (χ0) is 27.6. The zero-order valence-corrected chi connectivity index (χ0v) is 23.9. The summed E-state index contributed by atoms with van der Waals surface area (Å²) in [6, 6.07) is 39.6. The number of nitrogens with zero attached hydrogens (tertiary/aromatic N) is 4. The van der Waals surface area contributed by atoms with Crippen molar-refractivity contribution in [2.24, 2.45) is 0 Å². The van der Waals surface area contributed by atoms with Gasteiger partial charge in [0, 0.05) is 67.2 Å². The highest BCUT2D eigenvalue weighted by Crippen LogP contribution is 2.41. The number of aromatic nitrogens is 4. The number of benzene rings is 5. The number of rotatable bonds is 4. The van der Waals surface area contributed by atoms with Gasteiger partial charge in [-0.3, -0.25) is 0 Å². The molecular formula is C36H22N4S2. The lowest BCUT2D eigenvalue weighted by atomic mass is 10.1. The molecule has 0 unspecified atom stereocenters. The maximum absolute atomic E-state index is 4.59. The molecule has 0 aliphatic carbocycles. The smallest absolute Gasteiger partial charge is 0.123 e. The summed E-state index contributed by atoms with van der Waals surface area (Å²) in [7, 11) is 0. The van der Waals surface area contributed by atoms with Crippen molar-refractivity contribution in [2.45, 2.75) is 0 Å². The zero-order valence-electron chi connectivity index (χ0n) is 22.3. The van der Waals surface area contributed by atoms with E-state index < -0.39 is 0 Å². The second kappa shape index (κ2) is 9.24. The Morgan fingerprint density at radius 3 is 1.26 bits per heavy atom. The maximum Gasteiger partial charge on any atom is 0.123 e. The van der Waals surface area contributed by atoms with E-state index in [0.29, 0.717) is 0 Å². The van der Waals surface area contributed by atoms with Crippen LogP contribution < -0.4 is 0 Å². The summed E-state index contributed by atoms with van der Waals surface area (Å²) < 4.78 is 4.80. The van der Waals surface area contributed by atoms with E-state index in [2.05, 4.69) is 128 Å². The molecule has 6 heteroatoms. The standard InChI is InChI=1S/C36H22N4S2/c1-3-7-25(8-4-1)39-31-19-23(35-37-15-17-41-35)11-13-27(31)29-22-34-30(21-33(29)39)28-14-12-24(36-38-16-18-42-36)20-32(28)40(34)26-9-5-2-6-10-26/h1-22H. The summed E-state index contributed by atoms with van der Waals surface area (Å²) in [6.07, 6.45) is 3.74. The van der Waals surface area contributed by atoms with E-state index in [1.807, 2.05) is 23.2 Å². The number of thiazole rings is 2. The van der Waals surface area contributed by atoms with E-state index in [0.717, 1.165) is 32.5 Å². The molecule has 42 heavy (non-hydrogen) atoms. The van der Waals surface area contributed by atoms with E-state index in [1.165, 1.54) is 43.6 Å². The molecule has 0 fully saturated rings. The summed E-state index contributed by atoms with van der Waals surface area (Å²) in [5, 5.41) is 11.0. The van der Waals surface area contributed by atoms with Gasteiger partial charge in [-0.15, -0.1) is 22.7 Å². The summed E-state index contributed by atoms with van der Waals surface area (Å²) in [5.41, 5.74) is 9.30. The lowest BCUT2D eigenvalue weighted by Gasteiger charge is -2.09. The fraction of sp³-hybridized carbons (Fsp3) is 0. The van der Waals surface area contributed by atoms with Gasteiger partial charge < -0.3 is 9.13 Å². The number of para-hydroxylation sites is 2. The number of fused-ring (bicyclic) bond motifs is 6. The molecule has 4 nitrogen and oxygen atoms in total. The van der Waals surface area contributed by atoms with E-state index in [-0.39, 0.29) is 0 Å². The monoisotopic (exact) mass is 574 g/mol. The van der Waals surface area contributed by atoms with Crippen LogP contribution in [0.25, 0.3) is 76.1 Å². The fourth-order valence-corrected chi connectivity index (χ4v) is 7.51. The first-order chi connectivity index (χ1) is 20.8. The van der Waals surface area contributed by atoms with Crippen LogP contribution in [-0.2, 0) is 0 Å². The average Bonchev–Trinajstić information content (AvgIpc) is 3.86. The van der Waals surface area contributed by atoms with Crippen molar-refractivity contribution in [3.63, 3.8) is 0 Å². The van der Waals surface area contributed by atoms with Crippen LogP contribution in [0.1, 0.15) is 0 Å². The second-order valence-corrected chi connectivity index (χ2v) is 12.2. The Morgan fingerprint density at radius 2 is 0.857 bits per heavy atom. The molecule has 0 aliphatic heterocycles. The minimum absolute atomic E-state index is 1.03. The van der Waals surface area contributed by atoms with Crippen molar-refractivity contribution >= 4 is 66.3 Å². The van der Waals surface area contributed by atoms with E-state index in [4.69, 9.17) is 0 Å². The maximum atomic E-state index is 4.59. The summed E-state index contributed by atoms with van der Waals surface area (Å²) >= 11 is 3.34. The Kier molecular flexibility index (Phi) is 5.20. The van der Waals surface area contributed by atoms with Gasteiger partial charge in [-0.25, -0.2) is 9.97 Å². The van der Waals surface area contributed by atoms with Crippen molar-refractivity contribution in [3.8, 4) is 32.5 Å². The molecule has 9 rings (SSSR count). The first-order valence-electron chi connectivity index (χ1n) is 13.8. The van der Waals surface area contributed by atoms with Gasteiger partial charge in [0.05, 0.1) is 22.1 Å². The van der Waals surface area contributed by atoms with Crippen molar-refractivity contribution < 1.29 is 0 Å². The molecule has 0 spiro atoms. The third-order valence-electron chi connectivity index (χ3n) is 8.04. The molecule has 9 aromatic rings. The van der Waals surface area contributed by atoms with Crippen LogP contribution in [0.4, 0.5) is 0 Å². The van der Waals surface area contributed by atoms with Gasteiger partial charge in [-0.2, -0.15) is 0 Å². The van der Waals surface area contributed by atoms with Crippen LogP contribution in [-0.4, -0.2) is 19.1 Å². The van der Waals surface area contributed by atoms with Gasteiger partial charge in [-0.05, 0) is 48.5 Å². The van der Waals surface area contributed by atoms with Gasteiger partial charge in [0.15, 0.2) is 0 Å². The van der Waals surface area contributed by atoms with E-state index >= 15 is 0 Å². The van der Waals surface area contributed by atoms with Crippen LogP contribution in [0.15, 0.2) is 132 Å². The quantitative estimate of drug-likeness (QED) is 0.210. The first-order valence-corrected chi connectivity index (χ1v) is 15.6. The Bertz CT molecular complexity index is 2210. The first kappa shape index (κ1) is 23.6. The van der Waals surface area contributed by atoms with Crippen LogP contribution >= 0.6 is 22.7 Å². The van der Waals surface area contributed by atoms with E-state index in [1.54, 1.807) is 22.7 Å². The number of hydrogen-bond acceptors (Lipinski definition) is 4. The molecule has 0 amide bonds. The second-order valence-electron chi connectivity index (χ2n) is 10.4. The summed E-state index contributed by atoms with van der Waals surface area (Å²) in [5.74, 6) is 0. The molecule has 198 valence electrons. The Morgan fingerprint density at radius 1 is 0.429 bits per heavy atom. The predicted octanol–water partition coefficient (Wildman–Crippen LogP) is 10.1. The van der Waals surface area contributed by atoms with E-state index in [9.17, 15) is 0 Å².